The molecule has 0 bridgehead atoms. The predicted molar refractivity (Wildman–Crippen MR) is 50.9 cm³/mol. The quantitative estimate of drug-likeness (QED) is 0.619. The van der Waals surface area contributed by atoms with Gasteiger partial charge in [-0.05, 0) is 47.0 Å². The first kappa shape index (κ1) is 10.9. The van der Waals surface area contributed by atoms with E-state index in [0.29, 0.717) is 0 Å². The molecule has 0 amide bonds. The molecule has 1 N–H and O–H groups in total. The molecule has 2 nitrogen and oxygen atoms in total. The Balaban J connectivity index is 0.000000187. The van der Waals surface area contributed by atoms with Crippen LogP contribution < -0.4 is 5.32 Å². The number of nitrogens with zero attached hydrogens (tertiary/aromatic N) is 1. The van der Waals surface area contributed by atoms with E-state index in [-0.39, 0.29) is 0 Å². The van der Waals surface area contributed by atoms with Crippen LogP contribution in [0.15, 0.2) is 0 Å². The third-order valence-electron chi connectivity index (χ3n) is 1.94. The maximum absolute atomic E-state index is 3.32. The Morgan fingerprint density at radius 2 is 2.00 bits per heavy atom. The maximum Gasteiger partial charge on any atom is 0.00391 e. The summed E-state index contributed by atoms with van der Waals surface area (Å²) < 4.78 is 0. The van der Waals surface area contributed by atoms with E-state index >= 15 is 0 Å². The first-order valence-corrected chi connectivity index (χ1v) is 4.55. The Labute approximate surface area is 71.0 Å². The summed E-state index contributed by atoms with van der Waals surface area (Å²) in [4.78, 5) is 2.12. The molecule has 0 spiro atoms. The Hall–Kier alpha value is -0.0800. The standard InChI is InChI=1S/C5H11N.C4H11N/c1-5-3-2-4-6-5;1-4-5(2)3/h5-6H,2-4H2,1H3;4H2,1-3H3/t5-;/m1./s1. The van der Waals surface area contributed by atoms with Gasteiger partial charge in [0.25, 0.3) is 0 Å². The molecule has 0 saturated carbocycles. The molecule has 68 valence electrons. The molecule has 1 atom stereocenters. The summed E-state index contributed by atoms with van der Waals surface area (Å²) in [5.74, 6) is 0. The summed E-state index contributed by atoms with van der Waals surface area (Å²) in [6.45, 7) is 6.73. The third-order valence-corrected chi connectivity index (χ3v) is 1.94. The Morgan fingerprint density at radius 3 is 2.09 bits per heavy atom. The summed E-state index contributed by atoms with van der Waals surface area (Å²) >= 11 is 0. The van der Waals surface area contributed by atoms with E-state index in [1.807, 2.05) is 0 Å². The van der Waals surface area contributed by atoms with Crippen molar-refractivity contribution < 1.29 is 0 Å². The molecule has 1 aliphatic rings. The van der Waals surface area contributed by atoms with Gasteiger partial charge in [-0.25, -0.2) is 0 Å². The van der Waals surface area contributed by atoms with Gasteiger partial charge in [0, 0.05) is 6.04 Å². The van der Waals surface area contributed by atoms with E-state index in [1.165, 1.54) is 19.4 Å². The van der Waals surface area contributed by atoms with Crippen LogP contribution in [0.2, 0.25) is 0 Å². The van der Waals surface area contributed by atoms with Crippen molar-refractivity contribution in [3.8, 4) is 0 Å². The Bertz CT molecular complexity index is 75.6. The number of hydrogen-bond acceptors (Lipinski definition) is 2. The topological polar surface area (TPSA) is 15.3 Å². The van der Waals surface area contributed by atoms with Crippen LogP contribution in [0.1, 0.15) is 26.7 Å². The second-order valence-corrected chi connectivity index (χ2v) is 3.39. The van der Waals surface area contributed by atoms with E-state index < -0.39 is 0 Å². The molecule has 0 aliphatic carbocycles. The smallest absolute Gasteiger partial charge is 0.00391 e. The van der Waals surface area contributed by atoms with Crippen molar-refractivity contribution in [2.75, 3.05) is 27.2 Å². The Kier molecular flexibility index (Phi) is 6.57. The summed E-state index contributed by atoms with van der Waals surface area (Å²) in [6, 6.07) is 0.796. The fourth-order valence-electron chi connectivity index (χ4n) is 0.859. The molecule has 1 aliphatic heterocycles. The summed E-state index contributed by atoms with van der Waals surface area (Å²) in [7, 11) is 4.11. The molecule has 11 heavy (non-hydrogen) atoms. The van der Waals surface area contributed by atoms with Gasteiger partial charge in [0.05, 0.1) is 0 Å². The van der Waals surface area contributed by atoms with Crippen molar-refractivity contribution in [1.29, 1.82) is 0 Å². The zero-order valence-corrected chi connectivity index (χ0v) is 8.35. The lowest BCUT2D eigenvalue weighted by Gasteiger charge is -2.00. The zero-order chi connectivity index (χ0) is 8.69. The first-order chi connectivity index (χ1) is 5.16. The van der Waals surface area contributed by atoms with Crippen LogP contribution in [0.5, 0.6) is 0 Å². The van der Waals surface area contributed by atoms with Gasteiger partial charge in [0.1, 0.15) is 0 Å². The van der Waals surface area contributed by atoms with Crippen LogP contribution in [-0.4, -0.2) is 38.1 Å². The van der Waals surface area contributed by atoms with Crippen LogP contribution in [0, 0.1) is 0 Å². The van der Waals surface area contributed by atoms with E-state index in [2.05, 4.69) is 38.2 Å². The molecule has 0 unspecified atom stereocenters. The van der Waals surface area contributed by atoms with E-state index in [0.717, 1.165) is 12.6 Å². The predicted octanol–water partition coefficient (Wildman–Crippen LogP) is 1.33. The lowest BCUT2D eigenvalue weighted by molar-refractivity contribution is 0.434. The highest BCUT2D eigenvalue weighted by Crippen LogP contribution is 2.01. The van der Waals surface area contributed by atoms with Crippen LogP contribution in [-0.2, 0) is 0 Å². The molecule has 0 aromatic rings. The lowest BCUT2D eigenvalue weighted by Crippen LogP contribution is -2.16. The highest BCUT2D eigenvalue weighted by molar-refractivity contribution is 4.67. The van der Waals surface area contributed by atoms with Crippen LogP contribution >= 0.6 is 0 Å². The van der Waals surface area contributed by atoms with Gasteiger partial charge in [0.2, 0.25) is 0 Å². The van der Waals surface area contributed by atoms with E-state index in [9.17, 15) is 0 Å². The minimum Gasteiger partial charge on any atom is -0.314 e. The van der Waals surface area contributed by atoms with Gasteiger partial charge in [-0.1, -0.05) is 6.92 Å². The molecule has 0 aromatic carbocycles. The zero-order valence-electron chi connectivity index (χ0n) is 8.35. The van der Waals surface area contributed by atoms with Crippen molar-refractivity contribution in [3.05, 3.63) is 0 Å². The molecule has 1 heterocycles. The van der Waals surface area contributed by atoms with E-state index in [4.69, 9.17) is 0 Å². The van der Waals surface area contributed by atoms with Crippen molar-refractivity contribution in [2.45, 2.75) is 32.7 Å². The summed E-state index contributed by atoms with van der Waals surface area (Å²) in [5, 5.41) is 3.32. The Morgan fingerprint density at radius 1 is 1.45 bits per heavy atom. The van der Waals surface area contributed by atoms with Crippen LogP contribution in [0.4, 0.5) is 0 Å². The minimum absolute atomic E-state index is 0.796. The van der Waals surface area contributed by atoms with Crippen LogP contribution in [0.3, 0.4) is 0 Å². The average molecular weight is 158 g/mol. The average Bonchev–Trinajstić information content (AvgIpc) is 2.41. The summed E-state index contributed by atoms with van der Waals surface area (Å²) in [5.41, 5.74) is 0. The lowest BCUT2D eigenvalue weighted by atomic mass is 10.3. The van der Waals surface area contributed by atoms with Crippen LogP contribution in [0.25, 0.3) is 0 Å². The normalized spacial score (nSPS) is 23.2. The molecule has 0 radical (unpaired) electrons. The number of hydrogen-bond donors (Lipinski definition) is 1. The second kappa shape index (κ2) is 6.62. The SMILES string of the molecule is CCN(C)C.C[C@@H]1CCCN1. The maximum atomic E-state index is 3.32. The van der Waals surface area contributed by atoms with Crippen molar-refractivity contribution in [1.82, 2.24) is 10.2 Å². The summed E-state index contributed by atoms with van der Waals surface area (Å²) in [6.07, 6.45) is 2.75. The van der Waals surface area contributed by atoms with Crippen molar-refractivity contribution >= 4 is 0 Å². The fraction of sp³-hybridized carbons (Fsp3) is 1.00. The molecular weight excluding hydrogens is 136 g/mol. The van der Waals surface area contributed by atoms with Gasteiger partial charge >= 0.3 is 0 Å². The molecule has 1 rings (SSSR count). The second-order valence-electron chi connectivity index (χ2n) is 3.39. The molecule has 1 saturated heterocycles. The van der Waals surface area contributed by atoms with Gasteiger partial charge in [-0.3, -0.25) is 0 Å². The van der Waals surface area contributed by atoms with Gasteiger partial charge in [0.15, 0.2) is 0 Å². The molecular formula is C9H22N2. The molecule has 0 aromatic heterocycles. The minimum atomic E-state index is 0.796. The van der Waals surface area contributed by atoms with E-state index in [1.54, 1.807) is 0 Å². The largest absolute Gasteiger partial charge is 0.314 e. The third kappa shape index (κ3) is 7.82. The molecule has 1 fully saturated rings. The van der Waals surface area contributed by atoms with Crippen molar-refractivity contribution in [3.63, 3.8) is 0 Å². The van der Waals surface area contributed by atoms with Gasteiger partial charge in [-0.15, -0.1) is 0 Å². The van der Waals surface area contributed by atoms with Gasteiger partial charge in [-0.2, -0.15) is 0 Å². The highest BCUT2D eigenvalue weighted by atomic mass is 15.0. The monoisotopic (exact) mass is 158 g/mol. The van der Waals surface area contributed by atoms with Gasteiger partial charge < -0.3 is 10.2 Å². The number of nitrogens with one attached hydrogen (secondary N) is 1. The fourth-order valence-corrected chi connectivity index (χ4v) is 0.859. The molecule has 2 heteroatoms. The van der Waals surface area contributed by atoms with Crippen molar-refractivity contribution in [2.24, 2.45) is 0 Å². The highest BCUT2D eigenvalue weighted by Gasteiger charge is 2.05. The first-order valence-electron chi connectivity index (χ1n) is 4.55. The number of rotatable bonds is 1.